The monoisotopic (exact) mass is 1130 g/mol. The highest BCUT2D eigenvalue weighted by Crippen LogP contribution is 2.29. The van der Waals surface area contributed by atoms with Gasteiger partial charge in [0.05, 0.1) is 42.7 Å². The summed E-state index contributed by atoms with van der Waals surface area (Å²) in [6.07, 6.45) is 10.8. The standard InChI is InChI=1S/C24H34O9.C17H20O8.C16H24O6/c1-7-19(25)30-15-23(11-5,16-31-20(26)8-2)13-29-14-24(12-6,17-32-21(27)9-3)18-33-22(28)10-4;1-5-13(18)22-9-17(10-23-14(19)6-2,11-24-15(20)7-3)12-25-16(21)8-4;1-7-12(17)20-9-15(3,4)10-22-14(19)16(5,6)11-21-13(18)8-2/h7-10H,1-4,11-18H2,5-6H3;5-8H,1-4,9-12H2;7-8H,1-2,9-11H2,3-6H3. The molecule has 0 aromatic rings. The van der Waals surface area contributed by atoms with Crippen LogP contribution in [0.3, 0.4) is 0 Å². The molecule has 444 valence electrons. The van der Waals surface area contributed by atoms with Gasteiger partial charge < -0.3 is 56.8 Å². The van der Waals surface area contributed by atoms with Gasteiger partial charge in [0, 0.05) is 66.2 Å². The van der Waals surface area contributed by atoms with Crippen molar-refractivity contribution in [2.45, 2.75) is 54.4 Å². The number of hydrogen-bond donors (Lipinski definition) is 0. The minimum atomic E-state index is -1.34. The van der Waals surface area contributed by atoms with Gasteiger partial charge in [-0.1, -0.05) is 93.5 Å². The molecule has 0 atom stereocenters. The minimum absolute atomic E-state index is 0.0326. The predicted molar refractivity (Wildman–Crippen MR) is 289 cm³/mol. The maximum atomic E-state index is 12.0. The summed E-state index contributed by atoms with van der Waals surface area (Å²) in [5.74, 6) is -7.18. The van der Waals surface area contributed by atoms with E-state index in [0.29, 0.717) is 12.8 Å². The van der Waals surface area contributed by atoms with Crippen molar-refractivity contribution in [3.05, 3.63) is 127 Å². The molecule has 0 heterocycles. The van der Waals surface area contributed by atoms with Crippen LogP contribution in [0, 0.1) is 27.1 Å². The highest BCUT2D eigenvalue weighted by molar-refractivity contribution is 5.85. The van der Waals surface area contributed by atoms with E-state index in [1.807, 2.05) is 13.8 Å². The van der Waals surface area contributed by atoms with Crippen LogP contribution >= 0.6 is 0 Å². The fourth-order valence-electron chi connectivity index (χ4n) is 5.05. The van der Waals surface area contributed by atoms with Crippen molar-refractivity contribution in [3.8, 4) is 0 Å². The molecule has 0 amide bonds. The molecule has 0 fully saturated rings. The first-order chi connectivity index (χ1) is 37.5. The van der Waals surface area contributed by atoms with Crippen LogP contribution in [-0.2, 0) is 110 Å². The van der Waals surface area contributed by atoms with E-state index in [1.165, 1.54) is 0 Å². The first-order valence-corrected chi connectivity index (χ1v) is 24.2. The van der Waals surface area contributed by atoms with E-state index in [0.717, 1.165) is 60.8 Å². The molecule has 23 heteroatoms. The second-order valence-corrected chi connectivity index (χ2v) is 18.4. The van der Waals surface area contributed by atoms with Crippen molar-refractivity contribution in [3.63, 3.8) is 0 Å². The van der Waals surface area contributed by atoms with Gasteiger partial charge >= 0.3 is 65.7 Å². The van der Waals surface area contributed by atoms with Gasteiger partial charge in [0.2, 0.25) is 0 Å². The van der Waals surface area contributed by atoms with Crippen LogP contribution in [0.1, 0.15) is 54.4 Å². The third-order valence-corrected chi connectivity index (χ3v) is 10.5. The van der Waals surface area contributed by atoms with E-state index < -0.39 is 92.7 Å². The van der Waals surface area contributed by atoms with E-state index in [2.05, 4.69) is 65.8 Å². The van der Waals surface area contributed by atoms with Gasteiger partial charge in [0.25, 0.3) is 0 Å². The largest absolute Gasteiger partial charge is 0.464 e. The second kappa shape index (κ2) is 40.7. The molecule has 0 aliphatic heterocycles. The van der Waals surface area contributed by atoms with E-state index in [1.54, 1.807) is 27.7 Å². The highest BCUT2D eigenvalue weighted by atomic mass is 16.6. The fraction of sp³-hybridized carbons (Fsp3) is 0.456. The SMILES string of the molecule is C=CC(=O)OCC(C)(C)COC(=O)C(C)(C)COC(=O)C=C.C=CC(=O)OCC(CC)(COCC(CC)(COC(=O)C=C)COC(=O)C=C)COC(=O)C=C.C=CC(=O)OCC(COC(=O)C=C)(COC(=O)C=C)COC(=O)C=C. The molecule has 0 radical (unpaired) electrons. The molecule has 0 aliphatic carbocycles. The first-order valence-electron chi connectivity index (χ1n) is 24.2. The average molecular weight is 1130 g/mol. The zero-order chi connectivity index (χ0) is 62.0. The number of carbonyl (C=O) groups excluding carboxylic acids is 11. The van der Waals surface area contributed by atoms with Crippen LogP contribution in [0.15, 0.2) is 127 Å². The number of esters is 11. The summed E-state index contributed by atoms with van der Waals surface area (Å²) in [5, 5.41) is 0. The summed E-state index contributed by atoms with van der Waals surface area (Å²) in [6.45, 7) is 41.8. The maximum absolute atomic E-state index is 12.0. The normalized spacial score (nSPS) is 10.7. The van der Waals surface area contributed by atoms with E-state index in [-0.39, 0.29) is 85.9 Å². The van der Waals surface area contributed by atoms with E-state index in [9.17, 15) is 52.7 Å². The van der Waals surface area contributed by atoms with Crippen LogP contribution in [0.4, 0.5) is 0 Å². The summed E-state index contributed by atoms with van der Waals surface area (Å²) >= 11 is 0. The van der Waals surface area contributed by atoms with Crippen molar-refractivity contribution in [1.29, 1.82) is 0 Å². The summed E-state index contributed by atoms with van der Waals surface area (Å²) in [7, 11) is 0. The third kappa shape index (κ3) is 34.3. The lowest BCUT2D eigenvalue weighted by Gasteiger charge is -2.35. The lowest BCUT2D eigenvalue weighted by molar-refractivity contribution is -0.166. The Morgan fingerprint density at radius 2 is 0.463 bits per heavy atom. The van der Waals surface area contributed by atoms with E-state index in [4.69, 9.17) is 56.8 Å². The lowest BCUT2D eigenvalue weighted by Crippen LogP contribution is -2.43. The molecule has 0 spiro atoms. The van der Waals surface area contributed by atoms with Gasteiger partial charge in [-0.05, 0) is 26.7 Å². The molecule has 0 aromatic carbocycles. The van der Waals surface area contributed by atoms with Crippen LogP contribution in [-0.4, -0.2) is 152 Å². The Hall–Kier alpha value is -8.47. The third-order valence-electron chi connectivity index (χ3n) is 10.5. The Morgan fingerprint density at radius 3 is 0.675 bits per heavy atom. The van der Waals surface area contributed by atoms with Gasteiger partial charge in [-0.15, -0.1) is 0 Å². The Morgan fingerprint density at radius 1 is 0.275 bits per heavy atom. The van der Waals surface area contributed by atoms with E-state index >= 15 is 0 Å². The van der Waals surface area contributed by atoms with Gasteiger partial charge in [0.15, 0.2) is 0 Å². The topological polar surface area (TPSA) is 299 Å². The molecule has 0 unspecified atom stereocenters. The molecule has 80 heavy (non-hydrogen) atoms. The number of ether oxygens (including phenoxy) is 12. The van der Waals surface area contributed by atoms with Crippen molar-refractivity contribution < 1.29 is 110 Å². The summed E-state index contributed by atoms with van der Waals surface area (Å²) < 4.78 is 61.5. The van der Waals surface area contributed by atoms with Crippen LogP contribution in [0.5, 0.6) is 0 Å². The van der Waals surface area contributed by atoms with Crippen LogP contribution in [0.25, 0.3) is 0 Å². The molecule has 0 saturated carbocycles. The Labute approximate surface area is 467 Å². The maximum Gasteiger partial charge on any atom is 0.330 e. The number of carbonyl (C=O) groups is 11. The summed E-state index contributed by atoms with van der Waals surface area (Å²) in [5.41, 5.74) is -4.57. The lowest BCUT2D eigenvalue weighted by atomic mass is 9.86. The Kier molecular flexibility index (Phi) is 38.5. The minimum Gasteiger partial charge on any atom is -0.464 e. The van der Waals surface area contributed by atoms with Crippen LogP contribution in [0.2, 0.25) is 0 Å². The summed E-state index contributed by atoms with van der Waals surface area (Å²) in [4.78, 5) is 126. The number of rotatable bonds is 39. The molecule has 0 saturated heterocycles. The van der Waals surface area contributed by atoms with Crippen molar-refractivity contribution in [2.75, 3.05) is 85.9 Å². The molecule has 23 nitrogen and oxygen atoms in total. The number of hydrogen-bond acceptors (Lipinski definition) is 23. The molecular formula is C57H78O23. The van der Waals surface area contributed by atoms with Gasteiger partial charge in [0.1, 0.15) is 64.9 Å². The quantitative estimate of drug-likeness (QED) is 0.0408. The molecular weight excluding hydrogens is 1050 g/mol. The van der Waals surface area contributed by atoms with Crippen molar-refractivity contribution >= 4 is 65.7 Å². The zero-order valence-corrected chi connectivity index (χ0v) is 46.8. The highest BCUT2D eigenvalue weighted by Gasteiger charge is 2.39. The molecule has 0 aromatic heterocycles. The van der Waals surface area contributed by atoms with Crippen molar-refractivity contribution in [1.82, 2.24) is 0 Å². The first kappa shape index (κ1) is 75.8. The molecule has 0 aliphatic rings. The second-order valence-electron chi connectivity index (χ2n) is 18.4. The molecule has 0 bridgehead atoms. The fourth-order valence-corrected chi connectivity index (χ4v) is 5.05. The predicted octanol–water partition coefficient (Wildman–Crippen LogP) is 5.64. The average Bonchev–Trinajstić information content (AvgIpc) is 3.47. The van der Waals surface area contributed by atoms with Gasteiger partial charge in [-0.25, -0.2) is 47.9 Å². The zero-order valence-electron chi connectivity index (χ0n) is 46.8. The molecule has 0 rings (SSSR count). The van der Waals surface area contributed by atoms with Gasteiger partial charge in [-0.3, -0.25) is 4.79 Å². The van der Waals surface area contributed by atoms with Crippen LogP contribution < -0.4 is 0 Å². The summed E-state index contributed by atoms with van der Waals surface area (Å²) in [6, 6.07) is 0. The van der Waals surface area contributed by atoms with Crippen molar-refractivity contribution in [2.24, 2.45) is 27.1 Å². The molecule has 0 N–H and O–H groups in total. The smallest absolute Gasteiger partial charge is 0.330 e. The van der Waals surface area contributed by atoms with Gasteiger partial charge in [-0.2, -0.15) is 0 Å². The Balaban J connectivity index is -0.00000114. The Bertz CT molecular complexity index is 2000.